The third kappa shape index (κ3) is 3.03. The number of benzene rings is 2. The number of esters is 1. The molecule has 1 aliphatic heterocycles. The van der Waals surface area contributed by atoms with Crippen molar-refractivity contribution in [2.24, 2.45) is 5.92 Å². The number of carbonyl (C=O) groups excluding carboxylic acids is 2. The normalized spacial score (nSPS) is 17.9. The Bertz CT molecular complexity index is 708. The molecule has 0 saturated carbocycles. The molecule has 0 spiro atoms. The highest BCUT2D eigenvalue weighted by molar-refractivity contribution is 6.09. The summed E-state index contributed by atoms with van der Waals surface area (Å²) in [5.41, 5.74) is 2.48. The van der Waals surface area contributed by atoms with Gasteiger partial charge >= 0.3 is 5.97 Å². The van der Waals surface area contributed by atoms with Gasteiger partial charge in [0.25, 0.3) is 0 Å². The maximum atomic E-state index is 12.9. The quantitative estimate of drug-likeness (QED) is 0.495. The van der Waals surface area contributed by atoms with Gasteiger partial charge in [0, 0.05) is 5.56 Å². The summed E-state index contributed by atoms with van der Waals surface area (Å²) < 4.78 is 10.7. The highest BCUT2D eigenvalue weighted by atomic mass is 16.5. The van der Waals surface area contributed by atoms with E-state index >= 15 is 0 Å². The number of hydrogen-bond acceptors (Lipinski definition) is 4. The molecule has 0 fully saturated rings. The van der Waals surface area contributed by atoms with E-state index in [0.717, 1.165) is 17.5 Å². The number of ketones is 1. The molecule has 0 radical (unpaired) electrons. The second kappa shape index (κ2) is 6.75. The summed E-state index contributed by atoms with van der Waals surface area (Å²) in [5.74, 6) is -1.84. The van der Waals surface area contributed by atoms with Crippen LogP contribution in [0.3, 0.4) is 0 Å². The zero-order chi connectivity index (χ0) is 16.2. The van der Waals surface area contributed by atoms with Crippen molar-refractivity contribution in [2.45, 2.75) is 12.5 Å². The van der Waals surface area contributed by atoms with Gasteiger partial charge in [-0.15, -0.1) is 0 Å². The fraction of sp³-hybridized carbons (Fsp3) is 0.263. The van der Waals surface area contributed by atoms with E-state index in [4.69, 9.17) is 9.47 Å². The Morgan fingerprint density at radius 3 is 2.52 bits per heavy atom. The van der Waals surface area contributed by atoms with Gasteiger partial charge in [-0.05, 0) is 17.5 Å². The van der Waals surface area contributed by atoms with Gasteiger partial charge in [0.1, 0.15) is 6.10 Å². The van der Waals surface area contributed by atoms with E-state index < -0.39 is 18.0 Å². The van der Waals surface area contributed by atoms with Crippen LogP contribution in [0.25, 0.3) is 0 Å². The van der Waals surface area contributed by atoms with Crippen molar-refractivity contribution in [3.8, 4) is 0 Å². The second-order valence-electron chi connectivity index (χ2n) is 5.47. The lowest BCUT2D eigenvalue weighted by atomic mass is 9.85. The number of hydrogen-bond donors (Lipinski definition) is 0. The van der Waals surface area contributed by atoms with Gasteiger partial charge in [-0.3, -0.25) is 9.59 Å². The molecule has 3 rings (SSSR count). The van der Waals surface area contributed by atoms with Crippen LogP contribution in [-0.2, 0) is 20.7 Å². The molecule has 4 nitrogen and oxygen atoms in total. The molecule has 1 heterocycles. The first kappa shape index (κ1) is 15.4. The van der Waals surface area contributed by atoms with E-state index in [1.54, 1.807) is 24.3 Å². The summed E-state index contributed by atoms with van der Waals surface area (Å²) in [6, 6.07) is 16.5. The van der Waals surface area contributed by atoms with Gasteiger partial charge in [-0.1, -0.05) is 54.6 Å². The molecular weight excluding hydrogens is 292 g/mol. The van der Waals surface area contributed by atoms with Gasteiger partial charge in [0.05, 0.1) is 13.7 Å². The van der Waals surface area contributed by atoms with Crippen molar-refractivity contribution in [1.29, 1.82) is 0 Å². The van der Waals surface area contributed by atoms with Crippen LogP contribution < -0.4 is 0 Å². The molecule has 0 aromatic heterocycles. The summed E-state index contributed by atoms with van der Waals surface area (Å²) in [5, 5.41) is 0. The SMILES string of the molecule is COC(=O)C(C(=O)c1ccccc1)C1OCCc2ccccc21. The molecule has 1 aliphatic rings. The molecule has 0 amide bonds. The summed E-state index contributed by atoms with van der Waals surface area (Å²) >= 11 is 0. The third-order valence-electron chi connectivity index (χ3n) is 4.13. The maximum Gasteiger partial charge on any atom is 0.319 e. The molecule has 23 heavy (non-hydrogen) atoms. The average molecular weight is 310 g/mol. The summed E-state index contributed by atoms with van der Waals surface area (Å²) in [4.78, 5) is 25.2. The van der Waals surface area contributed by atoms with E-state index in [2.05, 4.69) is 0 Å². The Morgan fingerprint density at radius 2 is 1.78 bits per heavy atom. The van der Waals surface area contributed by atoms with Gasteiger partial charge in [-0.25, -0.2) is 0 Å². The Morgan fingerprint density at radius 1 is 1.09 bits per heavy atom. The Kier molecular flexibility index (Phi) is 4.53. The molecule has 2 aromatic rings. The topological polar surface area (TPSA) is 52.6 Å². The van der Waals surface area contributed by atoms with Crippen LogP contribution in [0.15, 0.2) is 54.6 Å². The van der Waals surface area contributed by atoms with E-state index in [1.807, 2.05) is 30.3 Å². The minimum Gasteiger partial charge on any atom is -0.468 e. The molecule has 0 saturated heterocycles. The summed E-state index contributed by atoms with van der Waals surface area (Å²) in [6.45, 7) is 0.483. The second-order valence-corrected chi connectivity index (χ2v) is 5.47. The molecule has 118 valence electrons. The lowest BCUT2D eigenvalue weighted by Crippen LogP contribution is -2.35. The lowest BCUT2D eigenvalue weighted by Gasteiger charge is -2.30. The van der Waals surface area contributed by atoms with E-state index in [1.165, 1.54) is 7.11 Å². The predicted molar refractivity (Wildman–Crippen MR) is 85.1 cm³/mol. The molecule has 0 bridgehead atoms. The first-order valence-corrected chi connectivity index (χ1v) is 7.59. The van der Waals surface area contributed by atoms with E-state index in [-0.39, 0.29) is 5.78 Å². The van der Waals surface area contributed by atoms with Crippen molar-refractivity contribution in [3.05, 3.63) is 71.3 Å². The van der Waals surface area contributed by atoms with Crippen LogP contribution in [0.2, 0.25) is 0 Å². The van der Waals surface area contributed by atoms with E-state index in [9.17, 15) is 9.59 Å². The fourth-order valence-electron chi connectivity index (χ4n) is 2.98. The van der Waals surface area contributed by atoms with Crippen LogP contribution in [0, 0.1) is 5.92 Å². The Labute approximate surface area is 135 Å². The molecule has 4 heteroatoms. The van der Waals surface area contributed by atoms with Crippen LogP contribution in [-0.4, -0.2) is 25.5 Å². The number of carbonyl (C=O) groups is 2. The van der Waals surface area contributed by atoms with Crippen LogP contribution >= 0.6 is 0 Å². The monoisotopic (exact) mass is 310 g/mol. The van der Waals surface area contributed by atoms with E-state index in [0.29, 0.717) is 12.2 Å². The first-order valence-electron chi connectivity index (χ1n) is 7.59. The van der Waals surface area contributed by atoms with Crippen molar-refractivity contribution in [2.75, 3.05) is 13.7 Å². The lowest BCUT2D eigenvalue weighted by molar-refractivity contribution is -0.149. The Hall–Kier alpha value is -2.46. The zero-order valence-corrected chi connectivity index (χ0v) is 12.9. The van der Waals surface area contributed by atoms with Crippen molar-refractivity contribution >= 4 is 11.8 Å². The standard InChI is InChI=1S/C19H18O4/c1-22-19(21)16(17(20)14-8-3-2-4-9-14)18-15-10-6-5-7-13(15)11-12-23-18/h2-10,16,18H,11-12H2,1H3. The summed E-state index contributed by atoms with van der Waals surface area (Å²) in [7, 11) is 1.29. The number of Topliss-reactive ketones (excluding diaryl/α,β-unsaturated/α-hetero) is 1. The highest BCUT2D eigenvalue weighted by Gasteiger charge is 2.40. The minimum atomic E-state index is -0.996. The molecule has 0 N–H and O–H groups in total. The van der Waals surface area contributed by atoms with Crippen LogP contribution in [0.1, 0.15) is 27.6 Å². The fourth-order valence-corrected chi connectivity index (χ4v) is 2.98. The number of rotatable bonds is 4. The Balaban J connectivity index is 2.01. The van der Waals surface area contributed by atoms with Crippen molar-refractivity contribution in [1.82, 2.24) is 0 Å². The van der Waals surface area contributed by atoms with Crippen LogP contribution in [0.4, 0.5) is 0 Å². The van der Waals surface area contributed by atoms with Gasteiger partial charge < -0.3 is 9.47 Å². The van der Waals surface area contributed by atoms with Crippen molar-refractivity contribution < 1.29 is 19.1 Å². The molecule has 2 atom stereocenters. The molecular formula is C19H18O4. The molecule has 0 aliphatic carbocycles. The highest BCUT2D eigenvalue weighted by Crippen LogP contribution is 2.35. The van der Waals surface area contributed by atoms with Crippen LogP contribution in [0.5, 0.6) is 0 Å². The maximum absolute atomic E-state index is 12.9. The zero-order valence-electron chi connectivity index (χ0n) is 12.9. The third-order valence-corrected chi connectivity index (χ3v) is 4.13. The van der Waals surface area contributed by atoms with Gasteiger partial charge in [0.15, 0.2) is 11.7 Å². The largest absolute Gasteiger partial charge is 0.468 e. The van der Waals surface area contributed by atoms with Gasteiger partial charge in [-0.2, -0.15) is 0 Å². The first-order chi connectivity index (χ1) is 11.2. The average Bonchev–Trinajstić information content (AvgIpc) is 2.62. The molecule has 2 aromatic carbocycles. The minimum absolute atomic E-state index is 0.279. The number of ether oxygens (including phenoxy) is 2. The van der Waals surface area contributed by atoms with Crippen molar-refractivity contribution in [3.63, 3.8) is 0 Å². The summed E-state index contributed by atoms with van der Waals surface area (Å²) in [6.07, 6.45) is 0.167. The number of methoxy groups -OCH3 is 1. The van der Waals surface area contributed by atoms with Gasteiger partial charge in [0.2, 0.25) is 0 Å². The smallest absolute Gasteiger partial charge is 0.319 e. The number of fused-ring (bicyclic) bond motifs is 1. The molecule has 2 unspecified atom stereocenters. The predicted octanol–water partition coefficient (Wildman–Crippen LogP) is 2.97.